The number of hydrogen-bond acceptors (Lipinski definition) is 5. The molecule has 5 nitrogen and oxygen atoms in total. The van der Waals surface area contributed by atoms with Crippen molar-refractivity contribution in [3.05, 3.63) is 42.6 Å². The monoisotopic (exact) mass is 259 g/mol. The highest BCUT2D eigenvalue weighted by atomic mass is 16.5. The normalized spacial score (nSPS) is 10.0. The van der Waals surface area contributed by atoms with Crippen LogP contribution in [-0.2, 0) is 0 Å². The van der Waals surface area contributed by atoms with Crippen LogP contribution in [0, 0.1) is 0 Å². The van der Waals surface area contributed by atoms with Crippen molar-refractivity contribution >= 4 is 11.5 Å². The molecule has 1 heterocycles. The molecule has 2 rings (SSSR count). The number of anilines is 2. The summed E-state index contributed by atoms with van der Waals surface area (Å²) in [4.78, 5) is 4.24. The largest absolute Gasteiger partial charge is 0.495 e. The van der Waals surface area contributed by atoms with Crippen LogP contribution in [0.5, 0.6) is 11.5 Å². The lowest BCUT2D eigenvalue weighted by Gasteiger charge is -2.09. The van der Waals surface area contributed by atoms with Gasteiger partial charge in [-0.3, -0.25) is 0 Å². The van der Waals surface area contributed by atoms with E-state index in [0.717, 1.165) is 23.0 Å². The SMILES string of the molecule is COc1ccc(Nc2cccc(OCCN)c2)nc1. The highest BCUT2D eigenvalue weighted by Gasteiger charge is 1.99. The van der Waals surface area contributed by atoms with Crippen LogP contribution in [0.3, 0.4) is 0 Å². The van der Waals surface area contributed by atoms with E-state index >= 15 is 0 Å². The van der Waals surface area contributed by atoms with Gasteiger partial charge >= 0.3 is 0 Å². The van der Waals surface area contributed by atoms with Crippen molar-refractivity contribution in [3.63, 3.8) is 0 Å². The van der Waals surface area contributed by atoms with Crippen molar-refractivity contribution in [2.75, 3.05) is 25.6 Å². The number of nitrogens with zero attached hydrogens (tertiary/aromatic N) is 1. The maximum atomic E-state index is 5.46. The van der Waals surface area contributed by atoms with Gasteiger partial charge in [-0.05, 0) is 24.3 Å². The van der Waals surface area contributed by atoms with Crippen molar-refractivity contribution in [1.29, 1.82) is 0 Å². The van der Waals surface area contributed by atoms with Crippen molar-refractivity contribution < 1.29 is 9.47 Å². The molecule has 0 saturated carbocycles. The third-order valence-electron chi connectivity index (χ3n) is 2.47. The van der Waals surface area contributed by atoms with E-state index in [1.54, 1.807) is 13.3 Å². The molecular weight excluding hydrogens is 242 g/mol. The summed E-state index contributed by atoms with van der Waals surface area (Å²) in [5.41, 5.74) is 6.31. The highest BCUT2D eigenvalue weighted by Crippen LogP contribution is 2.21. The van der Waals surface area contributed by atoms with E-state index in [1.807, 2.05) is 36.4 Å². The first-order chi connectivity index (χ1) is 9.31. The first kappa shape index (κ1) is 13.2. The van der Waals surface area contributed by atoms with Gasteiger partial charge in [-0.2, -0.15) is 0 Å². The molecule has 19 heavy (non-hydrogen) atoms. The van der Waals surface area contributed by atoms with E-state index in [1.165, 1.54) is 0 Å². The fourth-order valence-electron chi connectivity index (χ4n) is 1.56. The Hall–Kier alpha value is -2.27. The summed E-state index contributed by atoms with van der Waals surface area (Å²) >= 11 is 0. The van der Waals surface area contributed by atoms with Crippen molar-refractivity contribution in [2.24, 2.45) is 5.73 Å². The maximum absolute atomic E-state index is 5.46. The van der Waals surface area contributed by atoms with Crippen LogP contribution < -0.4 is 20.5 Å². The Labute approximate surface area is 112 Å². The molecule has 0 fully saturated rings. The minimum absolute atomic E-state index is 0.498. The molecule has 0 atom stereocenters. The van der Waals surface area contributed by atoms with Gasteiger partial charge in [0, 0.05) is 18.3 Å². The van der Waals surface area contributed by atoms with E-state index in [0.29, 0.717) is 13.2 Å². The van der Waals surface area contributed by atoms with Gasteiger partial charge in [0.15, 0.2) is 0 Å². The van der Waals surface area contributed by atoms with Gasteiger partial charge < -0.3 is 20.5 Å². The summed E-state index contributed by atoms with van der Waals surface area (Å²) < 4.78 is 10.5. The van der Waals surface area contributed by atoms with E-state index < -0.39 is 0 Å². The average molecular weight is 259 g/mol. The highest BCUT2D eigenvalue weighted by molar-refractivity contribution is 5.58. The second kappa shape index (κ2) is 6.61. The van der Waals surface area contributed by atoms with Crippen LogP contribution in [0.1, 0.15) is 0 Å². The number of aromatic nitrogens is 1. The summed E-state index contributed by atoms with van der Waals surface area (Å²) in [6.45, 7) is 1.00. The molecule has 5 heteroatoms. The van der Waals surface area contributed by atoms with E-state index in [2.05, 4.69) is 10.3 Å². The predicted octanol–water partition coefficient (Wildman–Crippen LogP) is 2.17. The molecule has 0 radical (unpaired) electrons. The molecule has 0 bridgehead atoms. The number of hydrogen-bond donors (Lipinski definition) is 2. The summed E-state index contributed by atoms with van der Waals surface area (Å²) in [6, 6.07) is 11.4. The number of nitrogens with two attached hydrogens (primary N) is 1. The Morgan fingerprint density at radius 3 is 2.79 bits per heavy atom. The lowest BCUT2D eigenvalue weighted by Crippen LogP contribution is -2.10. The van der Waals surface area contributed by atoms with E-state index in [4.69, 9.17) is 15.2 Å². The second-order valence-corrected chi connectivity index (χ2v) is 3.87. The molecular formula is C14H17N3O2. The molecule has 2 aromatic rings. The number of benzene rings is 1. The van der Waals surface area contributed by atoms with Gasteiger partial charge in [0.1, 0.15) is 23.9 Å². The molecule has 1 aromatic carbocycles. The summed E-state index contributed by atoms with van der Waals surface area (Å²) in [6.07, 6.45) is 1.66. The fraction of sp³-hybridized carbons (Fsp3) is 0.214. The van der Waals surface area contributed by atoms with Gasteiger partial charge in [0.25, 0.3) is 0 Å². The molecule has 100 valence electrons. The molecule has 1 aromatic heterocycles. The maximum Gasteiger partial charge on any atom is 0.137 e. The van der Waals surface area contributed by atoms with Crippen LogP contribution >= 0.6 is 0 Å². The Morgan fingerprint density at radius 2 is 2.11 bits per heavy atom. The molecule has 0 spiro atoms. The number of rotatable bonds is 6. The fourth-order valence-corrected chi connectivity index (χ4v) is 1.56. The Kier molecular flexibility index (Phi) is 4.58. The van der Waals surface area contributed by atoms with Gasteiger partial charge in [-0.25, -0.2) is 4.98 Å². The third-order valence-corrected chi connectivity index (χ3v) is 2.47. The zero-order valence-corrected chi connectivity index (χ0v) is 10.8. The van der Waals surface area contributed by atoms with Gasteiger partial charge in [-0.15, -0.1) is 0 Å². The molecule has 3 N–H and O–H groups in total. The summed E-state index contributed by atoms with van der Waals surface area (Å²) in [7, 11) is 1.61. The van der Waals surface area contributed by atoms with Crippen LogP contribution in [0.25, 0.3) is 0 Å². The molecule has 0 aliphatic heterocycles. The van der Waals surface area contributed by atoms with Crippen LogP contribution in [0.15, 0.2) is 42.6 Å². The van der Waals surface area contributed by atoms with Crippen LogP contribution in [0.4, 0.5) is 11.5 Å². The zero-order valence-electron chi connectivity index (χ0n) is 10.8. The summed E-state index contributed by atoms with van der Waals surface area (Å²) in [5.74, 6) is 2.26. The van der Waals surface area contributed by atoms with Crippen LogP contribution in [0.2, 0.25) is 0 Å². The third kappa shape index (κ3) is 3.86. The molecule has 0 aliphatic rings. The Morgan fingerprint density at radius 1 is 1.21 bits per heavy atom. The number of nitrogens with one attached hydrogen (secondary N) is 1. The molecule has 0 unspecified atom stereocenters. The average Bonchev–Trinajstić information content (AvgIpc) is 2.46. The minimum Gasteiger partial charge on any atom is -0.495 e. The van der Waals surface area contributed by atoms with Crippen molar-refractivity contribution in [3.8, 4) is 11.5 Å². The topological polar surface area (TPSA) is 69.4 Å². The van der Waals surface area contributed by atoms with Crippen molar-refractivity contribution in [2.45, 2.75) is 0 Å². The Balaban J connectivity index is 2.05. The first-order valence-corrected chi connectivity index (χ1v) is 6.02. The molecule has 0 saturated heterocycles. The lowest BCUT2D eigenvalue weighted by molar-refractivity contribution is 0.328. The minimum atomic E-state index is 0.498. The van der Waals surface area contributed by atoms with Gasteiger partial charge in [-0.1, -0.05) is 6.07 Å². The smallest absolute Gasteiger partial charge is 0.137 e. The van der Waals surface area contributed by atoms with E-state index in [-0.39, 0.29) is 0 Å². The number of ether oxygens (including phenoxy) is 2. The predicted molar refractivity (Wildman–Crippen MR) is 75.1 cm³/mol. The van der Waals surface area contributed by atoms with Gasteiger partial charge in [0.2, 0.25) is 0 Å². The zero-order chi connectivity index (χ0) is 13.5. The van der Waals surface area contributed by atoms with Crippen molar-refractivity contribution in [1.82, 2.24) is 4.98 Å². The quantitative estimate of drug-likeness (QED) is 0.832. The Bertz CT molecular complexity index is 514. The standard InChI is InChI=1S/C14H17N3O2/c1-18-13-5-6-14(16-10-13)17-11-3-2-4-12(9-11)19-8-7-15/h2-6,9-10H,7-8,15H2,1H3,(H,16,17). The first-order valence-electron chi connectivity index (χ1n) is 6.02. The molecule has 0 amide bonds. The van der Waals surface area contributed by atoms with Crippen LogP contribution in [-0.4, -0.2) is 25.2 Å². The second-order valence-electron chi connectivity index (χ2n) is 3.87. The molecule has 0 aliphatic carbocycles. The summed E-state index contributed by atoms with van der Waals surface area (Å²) in [5, 5.41) is 3.19. The van der Waals surface area contributed by atoms with Gasteiger partial charge in [0.05, 0.1) is 13.3 Å². The number of pyridine rings is 1. The lowest BCUT2D eigenvalue weighted by atomic mass is 10.3. The number of methoxy groups -OCH3 is 1. The van der Waals surface area contributed by atoms with E-state index in [9.17, 15) is 0 Å².